The summed E-state index contributed by atoms with van der Waals surface area (Å²) < 4.78 is 16.9. The average molecular weight is 646 g/mol. The molecule has 9 nitrogen and oxygen atoms in total. The second-order valence-corrected chi connectivity index (χ2v) is 13.8. The lowest BCUT2D eigenvalue weighted by molar-refractivity contribution is -0.136. The second kappa shape index (κ2) is 13.1. The fourth-order valence-electron chi connectivity index (χ4n) is 5.52. The lowest BCUT2D eigenvalue weighted by Crippen LogP contribution is -2.46. The van der Waals surface area contributed by atoms with E-state index in [1.54, 1.807) is 37.8 Å². The van der Waals surface area contributed by atoms with Crippen molar-refractivity contribution in [2.24, 2.45) is 0 Å². The number of esters is 1. The normalized spacial score (nSPS) is 15.5. The highest BCUT2D eigenvalue weighted by Gasteiger charge is 2.37. The van der Waals surface area contributed by atoms with E-state index in [1.165, 1.54) is 0 Å². The van der Waals surface area contributed by atoms with Crippen molar-refractivity contribution in [2.75, 3.05) is 6.54 Å². The van der Waals surface area contributed by atoms with Gasteiger partial charge in [0.1, 0.15) is 29.0 Å². The molecule has 0 bridgehead atoms. The van der Waals surface area contributed by atoms with Gasteiger partial charge in [-0.2, -0.15) is 0 Å². The van der Waals surface area contributed by atoms with Gasteiger partial charge in [-0.3, -0.25) is 4.90 Å². The predicted octanol–water partition coefficient (Wildman–Crippen LogP) is 7.75. The maximum Gasteiger partial charge on any atom is 0.411 e. The van der Waals surface area contributed by atoms with Crippen molar-refractivity contribution in [2.45, 2.75) is 77.7 Å². The Morgan fingerprint density at radius 2 is 1.61 bits per heavy atom. The van der Waals surface area contributed by atoms with Gasteiger partial charge in [-0.05, 0) is 95.0 Å². The number of ether oxygens (including phenoxy) is 3. The van der Waals surface area contributed by atoms with Crippen LogP contribution in [-0.2, 0) is 27.1 Å². The molecule has 1 aliphatic heterocycles. The number of carbonyl (C=O) groups excluding carboxylic acids is 3. The number of alkyl carbamates (subject to hydrolysis) is 1. The maximum atomic E-state index is 13.4. The third kappa shape index (κ3) is 8.01. The van der Waals surface area contributed by atoms with Crippen molar-refractivity contribution >= 4 is 40.7 Å². The van der Waals surface area contributed by atoms with Crippen LogP contribution >= 0.6 is 11.6 Å². The van der Waals surface area contributed by atoms with Crippen molar-refractivity contribution in [3.63, 3.8) is 0 Å². The molecule has 0 fully saturated rings. The first-order valence-corrected chi connectivity index (χ1v) is 15.7. The van der Waals surface area contributed by atoms with Crippen LogP contribution in [0.4, 0.5) is 9.59 Å². The van der Waals surface area contributed by atoms with Crippen molar-refractivity contribution in [3.05, 3.63) is 100 Å². The first kappa shape index (κ1) is 32.9. The monoisotopic (exact) mass is 645 g/mol. The number of H-pyrrole nitrogens is 1. The molecule has 0 saturated carbocycles. The van der Waals surface area contributed by atoms with E-state index < -0.39 is 41.4 Å². The third-order valence-electron chi connectivity index (χ3n) is 7.39. The van der Waals surface area contributed by atoms with Crippen molar-refractivity contribution in [3.8, 4) is 5.75 Å². The Morgan fingerprint density at radius 3 is 2.26 bits per heavy atom. The predicted molar refractivity (Wildman–Crippen MR) is 177 cm³/mol. The van der Waals surface area contributed by atoms with E-state index >= 15 is 0 Å². The van der Waals surface area contributed by atoms with Crippen LogP contribution in [0.1, 0.15) is 70.0 Å². The van der Waals surface area contributed by atoms with Gasteiger partial charge in [0.25, 0.3) is 0 Å². The maximum absolute atomic E-state index is 13.4. The Labute approximate surface area is 274 Å². The topological polar surface area (TPSA) is 110 Å². The van der Waals surface area contributed by atoms with Crippen LogP contribution in [0.2, 0.25) is 5.02 Å². The van der Waals surface area contributed by atoms with Crippen molar-refractivity contribution in [1.82, 2.24) is 15.2 Å². The zero-order chi connectivity index (χ0) is 33.2. The first-order valence-electron chi connectivity index (χ1n) is 15.3. The molecule has 1 aromatic heterocycles. The van der Waals surface area contributed by atoms with Crippen LogP contribution < -0.4 is 10.1 Å². The number of amides is 2. The minimum Gasteiger partial charge on any atom is -0.444 e. The number of fused-ring (bicyclic) bond motifs is 3. The first-order chi connectivity index (χ1) is 21.7. The van der Waals surface area contributed by atoms with E-state index in [9.17, 15) is 14.4 Å². The van der Waals surface area contributed by atoms with Gasteiger partial charge in [-0.15, -0.1) is 0 Å². The van der Waals surface area contributed by atoms with Gasteiger partial charge in [0, 0.05) is 34.6 Å². The number of halogens is 1. The third-order valence-corrected chi connectivity index (χ3v) is 7.62. The molecule has 2 heterocycles. The molecule has 242 valence electrons. The zero-order valence-corrected chi connectivity index (χ0v) is 27.7. The van der Waals surface area contributed by atoms with E-state index in [0.717, 1.165) is 33.3 Å². The summed E-state index contributed by atoms with van der Waals surface area (Å²) in [6.45, 7) is 11.2. The highest BCUT2D eigenvalue weighted by molar-refractivity contribution is 6.31. The summed E-state index contributed by atoms with van der Waals surface area (Å²) in [5, 5.41) is 4.32. The fraction of sp³-hybridized carbons (Fsp3) is 0.361. The molecular formula is C36H40ClN3O6. The molecule has 2 amide bonds. The molecule has 0 radical (unpaired) electrons. The van der Waals surface area contributed by atoms with Crippen LogP contribution in [0.5, 0.6) is 5.75 Å². The second-order valence-electron chi connectivity index (χ2n) is 13.4. The molecule has 4 aromatic rings. The molecule has 2 atom stereocenters. The Hall–Kier alpha value is -4.50. The molecule has 46 heavy (non-hydrogen) atoms. The summed E-state index contributed by atoms with van der Waals surface area (Å²) >= 11 is 6.34. The number of hydrogen-bond donors (Lipinski definition) is 2. The summed E-state index contributed by atoms with van der Waals surface area (Å²) in [6, 6.07) is 20.6. The standard InChI is InChI=1S/C36H40ClN3O6/c1-35(2,3)45-33(42)39-29(20-22-10-8-7-9-11-22)32(41)44-25-15-12-23(13-16-25)31-30-26(27-21-24(37)14-17-28(27)38-30)18-19-40(31)34(43)46-36(4,5)6/h7-17,21,29,31,38H,18-20H2,1-6H3,(H,39,42)/t29-,31?/m0/s1. The number of hydrogen-bond acceptors (Lipinski definition) is 6. The summed E-state index contributed by atoms with van der Waals surface area (Å²) in [5.74, 6) is -0.341. The van der Waals surface area contributed by atoms with Crippen molar-refractivity contribution < 1.29 is 28.6 Å². The number of aromatic amines is 1. The smallest absolute Gasteiger partial charge is 0.411 e. The minimum atomic E-state index is -0.987. The van der Waals surface area contributed by atoms with Gasteiger partial charge in [0.2, 0.25) is 0 Å². The lowest BCUT2D eigenvalue weighted by Gasteiger charge is -2.37. The van der Waals surface area contributed by atoms with Crippen LogP contribution in [0.15, 0.2) is 72.8 Å². The highest BCUT2D eigenvalue weighted by Crippen LogP contribution is 2.40. The van der Waals surface area contributed by atoms with Crippen LogP contribution in [0.3, 0.4) is 0 Å². The molecule has 2 N–H and O–H groups in total. The Morgan fingerprint density at radius 1 is 0.935 bits per heavy atom. The molecule has 1 aliphatic rings. The summed E-state index contributed by atoms with van der Waals surface area (Å²) in [6.07, 6.45) is -0.283. The number of carbonyl (C=O) groups is 3. The van der Waals surface area contributed by atoms with Gasteiger partial charge in [-0.25, -0.2) is 14.4 Å². The van der Waals surface area contributed by atoms with Crippen LogP contribution in [-0.4, -0.2) is 51.8 Å². The number of nitrogens with zero attached hydrogens (tertiary/aromatic N) is 1. The Bertz CT molecular complexity index is 1720. The zero-order valence-electron chi connectivity index (χ0n) is 27.0. The van der Waals surface area contributed by atoms with Crippen LogP contribution in [0, 0.1) is 0 Å². The SMILES string of the molecule is CC(C)(C)OC(=O)N[C@@H](Cc1ccccc1)C(=O)Oc1ccc(C2c3[nH]c4ccc(Cl)cc4c3CCN2C(=O)OC(C)(C)C)cc1. The van der Waals surface area contributed by atoms with E-state index in [4.69, 9.17) is 25.8 Å². The van der Waals surface area contributed by atoms with E-state index in [-0.39, 0.29) is 6.42 Å². The van der Waals surface area contributed by atoms with Gasteiger partial charge >= 0.3 is 18.2 Å². The van der Waals surface area contributed by atoms with E-state index in [2.05, 4.69) is 10.3 Å². The van der Waals surface area contributed by atoms with Gasteiger partial charge in [-0.1, -0.05) is 54.1 Å². The number of aromatic nitrogens is 1. The Balaban J connectivity index is 1.41. The number of benzene rings is 3. The van der Waals surface area contributed by atoms with Crippen molar-refractivity contribution in [1.29, 1.82) is 0 Å². The van der Waals surface area contributed by atoms with E-state index in [0.29, 0.717) is 23.7 Å². The summed E-state index contributed by atoms with van der Waals surface area (Å²) in [7, 11) is 0. The lowest BCUT2D eigenvalue weighted by atomic mass is 9.92. The molecule has 5 rings (SSSR count). The molecule has 3 aromatic carbocycles. The summed E-state index contributed by atoms with van der Waals surface area (Å²) in [5.41, 5.74) is 3.15. The van der Waals surface area contributed by atoms with Crippen LogP contribution in [0.25, 0.3) is 10.9 Å². The molecule has 10 heteroatoms. The highest BCUT2D eigenvalue weighted by atomic mass is 35.5. The molecular weight excluding hydrogens is 606 g/mol. The van der Waals surface area contributed by atoms with Gasteiger partial charge in [0.05, 0.1) is 0 Å². The molecule has 1 unspecified atom stereocenters. The number of nitrogens with one attached hydrogen (secondary N) is 2. The molecule has 0 aliphatic carbocycles. The van der Waals surface area contributed by atoms with Gasteiger partial charge in [0.15, 0.2) is 0 Å². The fourth-order valence-corrected chi connectivity index (χ4v) is 5.69. The quantitative estimate of drug-likeness (QED) is 0.164. The van der Waals surface area contributed by atoms with Gasteiger partial charge < -0.3 is 24.5 Å². The molecule has 0 saturated heterocycles. The minimum absolute atomic E-state index is 0.219. The average Bonchev–Trinajstić information content (AvgIpc) is 3.33. The number of rotatable bonds is 6. The summed E-state index contributed by atoms with van der Waals surface area (Å²) in [4.78, 5) is 44.7. The largest absolute Gasteiger partial charge is 0.444 e. The molecule has 0 spiro atoms. The Kier molecular flexibility index (Phi) is 9.35. The van der Waals surface area contributed by atoms with E-state index in [1.807, 2.05) is 81.4 Å².